The van der Waals surface area contributed by atoms with E-state index in [0.29, 0.717) is 6.04 Å². The molecule has 5 rings (SSSR count). The maximum atomic E-state index is 6.51. The molecule has 2 fully saturated rings. The Bertz CT molecular complexity index is 1030. The first-order valence-corrected chi connectivity index (χ1v) is 11.0. The Kier molecular flexibility index (Phi) is 5.80. The molecule has 3 aromatic rings. The van der Waals surface area contributed by atoms with E-state index in [1.165, 1.54) is 0 Å². The molecule has 0 unspecified atom stereocenters. The molecule has 0 amide bonds. The van der Waals surface area contributed by atoms with Gasteiger partial charge >= 0.3 is 0 Å². The number of morpholine rings is 1. The molecule has 31 heavy (non-hydrogen) atoms. The van der Waals surface area contributed by atoms with E-state index in [9.17, 15) is 0 Å². The highest BCUT2D eigenvalue weighted by Crippen LogP contribution is 2.33. The number of nitrogens with zero attached hydrogens (tertiary/aromatic N) is 5. The minimum Gasteiger partial charge on any atom is -0.488 e. The molecule has 1 aromatic carbocycles. The van der Waals surface area contributed by atoms with Gasteiger partial charge in [0.1, 0.15) is 17.1 Å². The summed E-state index contributed by atoms with van der Waals surface area (Å²) in [5.41, 5.74) is 3.76. The van der Waals surface area contributed by atoms with Crippen LogP contribution in [0.25, 0.3) is 11.0 Å². The summed E-state index contributed by atoms with van der Waals surface area (Å²) in [5, 5.41) is 3.55. The minimum absolute atomic E-state index is 0.172. The molecule has 8 heteroatoms. The smallest absolute Gasteiger partial charge is 0.149 e. The first-order chi connectivity index (χ1) is 15.3. The number of rotatable bonds is 5. The van der Waals surface area contributed by atoms with E-state index in [-0.39, 0.29) is 6.10 Å². The van der Waals surface area contributed by atoms with E-state index in [1.54, 1.807) is 24.8 Å². The summed E-state index contributed by atoms with van der Waals surface area (Å²) >= 11 is 0. The Balaban J connectivity index is 1.28. The Morgan fingerprint density at radius 1 is 0.935 bits per heavy atom. The number of nitrogens with one attached hydrogen (secondary N) is 1. The van der Waals surface area contributed by atoms with Gasteiger partial charge in [0.15, 0.2) is 0 Å². The largest absolute Gasteiger partial charge is 0.488 e. The van der Waals surface area contributed by atoms with Crippen molar-refractivity contribution < 1.29 is 9.47 Å². The standard InChI is InChI=1S/C23H28N6O2/c1-16-23(27-9-6-24-16)28-17-2-4-19(5-3-17)31-21-15-18(29-10-12-30-13-11-29)14-20-22(21)26-8-7-25-20/h6-9,14-15,17,19H,2-5,10-13H2,1H3,(H,27,28). The van der Waals surface area contributed by atoms with E-state index in [1.807, 2.05) is 6.92 Å². The van der Waals surface area contributed by atoms with Crippen LogP contribution in [0.4, 0.5) is 11.5 Å². The van der Waals surface area contributed by atoms with Crippen LogP contribution in [0.5, 0.6) is 5.75 Å². The maximum absolute atomic E-state index is 6.51. The third kappa shape index (κ3) is 4.54. The van der Waals surface area contributed by atoms with E-state index in [2.05, 4.69) is 42.3 Å². The summed E-state index contributed by atoms with van der Waals surface area (Å²) < 4.78 is 12.0. The lowest BCUT2D eigenvalue weighted by atomic mass is 9.93. The summed E-state index contributed by atoms with van der Waals surface area (Å²) in [6, 6.07) is 4.62. The van der Waals surface area contributed by atoms with Crippen molar-refractivity contribution in [1.82, 2.24) is 19.9 Å². The number of hydrogen-bond donors (Lipinski definition) is 1. The summed E-state index contributed by atoms with van der Waals surface area (Å²) in [7, 11) is 0. The summed E-state index contributed by atoms with van der Waals surface area (Å²) in [6.07, 6.45) is 11.1. The van der Waals surface area contributed by atoms with Crippen molar-refractivity contribution in [2.45, 2.75) is 44.8 Å². The normalized spacial score (nSPS) is 21.8. The number of anilines is 2. The molecular weight excluding hydrogens is 392 g/mol. The minimum atomic E-state index is 0.172. The zero-order chi connectivity index (χ0) is 21.0. The van der Waals surface area contributed by atoms with Crippen LogP contribution < -0.4 is 15.0 Å². The fourth-order valence-corrected chi connectivity index (χ4v) is 4.37. The van der Waals surface area contributed by atoms with Crippen LogP contribution >= 0.6 is 0 Å². The molecule has 3 heterocycles. The van der Waals surface area contributed by atoms with Gasteiger partial charge in [-0.2, -0.15) is 0 Å². The Morgan fingerprint density at radius 2 is 1.68 bits per heavy atom. The maximum Gasteiger partial charge on any atom is 0.149 e. The predicted molar refractivity (Wildman–Crippen MR) is 120 cm³/mol. The second-order valence-corrected chi connectivity index (χ2v) is 8.19. The zero-order valence-electron chi connectivity index (χ0n) is 17.8. The second kappa shape index (κ2) is 9.01. The van der Waals surface area contributed by atoms with Gasteiger partial charge in [0.2, 0.25) is 0 Å². The molecule has 0 atom stereocenters. The van der Waals surface area contributed by atoms with Gasteiger partial charge in [-0.1, -0.05) is 0 Å². The van der Waals surface area contributed by atoms with Crippen molar-refractivity contribution in [1.29, 1.82) is 0 Å². The average Bonchev–Trinajstić information content (AvgIpc) is 2.82. The molecule has 0 bridgehead atoms. The average molecular weight is 421 g/mol. The Labute approximate surface area is 182 Å². The molecule has 1 saturated carbocycles. The Hall–Kier alpha value is -3.00. The van der Waals surface area contributed by atoms with Crippen LogP contribution in [0.1, 0.15) is 31.4 Å². The van der Waals surface area contributed by atoms with Gasteiger partial charge in [-0.25, -0.2) is 9.97 Å². The summed E-state index contributed by atoms with van der Waals surface area (Å²) in [5.74, 6) is 1.71. The number of aromatic nitrogens is 4. The first kappa shape index (κ1) is 19.9. The van der Waals surface area contributed by atoms with Crippen molar-refractivity contribution in [3.05, 3.63) is 42.6 Å². The van der Waals surface area contributed by atoms with Crippen molar-refractivity contribution in [3.8, 4) is 5.75 Å². The lowest BCUT2D eigenvalue weighted by molar-refractivity contribution is 0.122. The van der Waals surface area contributed by atoms with Crippen molar-refractivity contribution >= 4 is 22.5 Å². The van der Waals surface area contributed by atoms with Crippen LogP contribution in [-0.4, -0.2) is 58.4 Å². The fourth-order valence-electron chi connectivity index (χ4n) is 4.37. The highest BCUT2D eigenvalue weighted by atomic mass is 16.5. The molecule has 2 aliphatic rings. The van der Waals surface area contributed by atoms with Gasteiger partial charge in [0.25, 0.3) is 0 Å². The van der Waals surface area contributed by atoms with Crippen LogP contribution in [0.2, 0.25) is 0 Å². The van der Waals surface area contributed by atoms with Gasteiger partial charge in [0, 0.05) is 55.7 Å². The topological polar surface area (TPSA) is 85.3 Å². The number of fused-ring (bicyclic) bond motifs is 1. The number of hydrogen-bond acceptors (Lipinski definition) is 8. The molecule has 0 spiro atoms. The molecule has 1 aliphatic carbocycles. The van der Waals surface area contributed by atoms with Gasteiger partial charge in [0.05, 0.1) is 30.5 Å². The molecular formula is C23H28N6O2. The third-order valence-corrected chi connectivity index (χ3v) is 6.09. The van der Waals surface area contributed by atoms with Crippen molar-refractivity contribution in [3.63, 3.8) is 0 Å². The monoisotopic (exact) mass is 420 g/mol. The highest BCUT2D eigenvalue weighted by Gasteiger charge is 2.24. The van der Waals surface area contributed by atoms with Crippen LogP contribution in [0.15, 0.2) is 36.9 Å². The SMILES string of the molecule is Cc1nccnc1NC1CCC(Oc2cc(N3CCOCC3)cc3nccnc23)CC1. The molecule has 1 N–H and O–H groups in total. The molecule has 162 valence electrons. The third-order valence-electron chi connectivity index (χ3n) is 6.09. The van der Waals surface area contributed by atoms with Crippen LogP contribution in [0.3, 0.4) is 0 Å². The number of aryl methyl sites for hydroxylation is 1. The first-order valence-electron chi connectivity index (χ1n) is 11.0. The molecule has 1 saturated heterocycles. The van der Waals surface area contributed by atoms with Crippen molar-refractivity contribution in [2.75, 3.05) is 36.5 Å². The highest BCUT2D eigenvalue weighted by molar-refractivity contribution is 5.85. The van der Waals surface area contributed by atoms with Crippen molar-refractivity contribution in [2.24, 2.45) is 0 Å². The number of ether oxygens (including phenoxy) is 2. The van der Waals surface area contributed by atoms with Gasteiger partial charge in [-0.15, -0.1) is 0 Å². The Morgan fingerprint density at radius 3 is 2.48 bits per heavy atom. The van der Waals surface area contributed by atoms with Gasteiger partial charge in [-0.3, -0.25) is 9.97 Å². The summed E-state index contributed by atoms with van der Waals surface area (Å²) in [6.45, 7) is 5.24. The molecule has 1 aliphatic heterocycles. The zero-order valence-corrected chi connectivity index (χ0v) is 17.8. The van der Waals surface area contributed by atoms with E-state index in [4.69, 9.17) is 9.47 Å². The quantitative estimate of drug-likeness (QED) is 0.673. The molecule has 2 aromatic heterocycles. The predicted octanol–water partition coefficient (Wildman–Crippen LogP) is 3.37. The van der Waals surface area contributed by atoms with E-state index >= 15 is 0 Å². The number of benzene rings is 1. The molecule has 0 radical (unpaired) electrons. The lowest BCUT2D eigenvalue weighted by Crippen LogP contribution is -2.36. The van der Waals surface area contributed by atoms with Gasteiger partial charge < -0.3 is 19.7 Å². The van der Waals surface area contributed by atoms with E-state index < -0.39 is 0 Å². The fraction of sp³-hybridized carbons (Fsp3) is 0.478. The second-order valence-electron chi connectivity index (χ2n) is 8.19. The van der Waals surface area contributed by atoms with Gasteiger partial charge in [-0.05, 0) is 38.7 Å². The van der Waals surface area contributed by atoms with E-state index in [0.717, 1.165) is 86.0 Å². The lowest BCUT2D eigenvalue weighted by Gasteiger charge is -2.31. The summed E-state index contributed by atoms with van der Waals surface area (Å²) in [4.78, 5) is 20.1. The van der Waals surface area contributed by atoms with Crippen LogP contribution in [-0.2, 0) is 4.74 Å². The van der Waals surface area contributed by atoms with Crippen LogP contribution in [0, 0.1) is 6.92 Å². The molecule has 8 nitrogen and oxygen atoms in total.